The van der Waals surface area contributed by atoms with E-state index in [-0.39, 0.29) is 29.5 Å². The highest BCUT2D eigenvalue weighted by molar-refractivity contribution is 5.82. The number of halogens is 3. The van der Waals surface area contributed by atoms with Crippen LogP contribution in [0.1, 0.15) is 22.9 Å². The smallest absolute Gasteiger partial charge is 0.378 e. The van der Waals surface area contributed by atoms with E-state index in [1.54, 1.807) is 42.7 Å². The van der Waals surface area contributed by atoms with E-state index >= 15 is 0 Å². The van der Waals surface area contributed by atoms with Gasteiger partial charge < -0.3 is 14.9 Å². The zero-order chi connectivity index (χ0) is 26.7. The minimum Gasteiger partial charge on any atom is -0.378 e. The molecule has 0 fully saturated rings. The van der Waals surface area contributed by atoms with Crippen molar-refractivity contribution in [3.8, 4) is 28.5 Å². The van der Waals surface area contributed by atoms with Crippen LogP contribution in [0.5, 0.6) is 0 Å². The van der Waals surface area contributed by atoms with Crippen LogP contribution in [0.4, 0.5) is 13.2 Å². The number of aliphatic hydroxyl groups is 1. The summed E-state index contributed by atoms with van der Waals surface area (Å²) >= 11 is 0. The lowest BCUT2D eigenvalue weighted by Crippen LogP contribution is -2.28. The van der Waals surface area contributed by atoms with Crippen LogP contribution >= 0.6 is 0 Å². The van der Waals surface area contributed by atoms with Crippen molar-refractivity contribution >= 4 is 5.91 Å². The second-order valence-corrected chi connectivity index (χ2v) is 8.17. The molecular weight excluding hydrogens is 501 g/mol. The van der Waals surface area contributed by atoms with Crippen LogP contribution in [0.25, 0.3) is 28.5 Å². The molecule has 9 nitrogen and oxygen atoms in total. The summed E-state index contributed by atoms with van der Waals surface area (Å²) in [6.07, 6.45) is -1.95. The molecule has 192 valence electrons. The molecule has 0 saturated carbocycles. The monoisotopic (exact) mass is 520 g/mol. The topological polar surface area (TPSA) is 119 Å². The fraction of sp³-hybridized carbons (Fsp3) is 0.115. The van der Waals surface area contributed by atoms with Crippen molar-refractivity contribution in [2.45, 2.75) is 18.8 Å². The maximum absolute atomic E-state index is 14.0. The highest BCUT2D eigenvalue weighted by Gasteiger charge is 2.40. The van der Waals surface area contributed by atoms with Gasteiger partial charge in [-0.15, -0.1) is 0 Å². The number of hydrogen-bond donors (Lipinski definition) is 2. The number of aliphatic hydroxyl groups excluding tert-OH is 1. The number of hydrogen-bond acceptors (Lipinski definition) is 7. The summed E-state index contributed by atoms with van der Waals surface area (Å²) in [4.78, 5) is 20.4. The number of rotatable bonds is 7. The minimum absolute atomic E-state index is 0.0313. The molecule has 0 unspecified atom stereocenters. The van der Waals surface area contributed by atoms with Gasteiger partial charge in [-0.3, -0.25) is 9.78 Å². The Bertz CT molecular complexity index is 1530. The number of pyridine rings is 1. The van der Waals surface area contributed by atoms with Gasteiger partial charge in [0, 0.05) is 24.5 Å². The van der Waals surface area contributed by atoms with Crippen LogP contribution < -0.4 is 5.32 Å². The first-order chi connectivity index (χ1) is 18.3. The second-order valence-electron chi connectivity index (χ2n) is 8.17. The first-order valence-electron chi connectivity index (χ1n) is 11.3. The molecule has 0 bridgehead atoms. The lowest BCUT2D eigenvalue weighted by atomic mass is 10.1. The Morgan fingerprint density at radius 3 is 2.42 bits per heavy atom. The molecule has 0 aliphatic rings. The number of alkyl halides is 3. The Morgan fingerprint density at radius 1 is 1.03 bits per heavy atom. The molecule has 1 amide bonds. The second kappa shape index (κ2) is 10.3. The minimum atomic E-state index is -4.74. The van der Waals surface area contributed by atoms with Crippen molar-refractivity contribution in [1.29, 1.82) is 0 Å². The third-order valence-electron chi connectivity index (χ3n) is 5.64. The molecular formula is C26H19F3N6O3. The fourth-order valence-electron chi connectivity index (χ4n) is 3.75. The van der Waals surface area contributed by atoms with E-state index in [4.69, 9.17) is 4.52 Å². The zero-order valence-corrected chi connectivity index (χ0v) is 19.5. The van der Waals surface area contributed by atoms with Gasteiger partial charge in [0.1, 0.15) is 0 Å². The average molecular weight is 520 g/mol. The first kappa shape index (κ1) is 24.8. The Balaban J connectivity index is 1.34. The van der Waals surface area contributed by atoms with Crippen LogP contribution in [0, 0.1) is 0 Å². The molecule has 38 heavy (non-hydrogen) atoms. The Morgan fingerprint density at radius 2 is 1.74 bits per heavy atom. The van der Waals surface area contributed by atoms with Gasteiger partial charge in [-0.25, -0.2) is 4.68 Å². The molecule has 0 radical (unpaired) electrons. The van der Waals surface area contributed by atoms with E-state index in [1.165, 1.54) is 36.4 Å². The highest BCUT2D eigenvalue weighted by atomic mass is 19.4. The summed E-state index contributed by atoms with van der Waals surface area (Å²) in [5.74, 6) is -0.913. The molecule has 3 heterocycles. The van der Waals surface area contributed by atoms with Crippen molar-refractivity contribution in [2.24, 2.45) is 0 Å². The van der Waals surface area contributed by atoms with Gasteiger partial charge in [-0.2, -0.15) is 23.3 Å². The van der Waals surface area contributed by atoms with Crippen molar-refractivity contribution in [3.05, 3.63) is 102 Å². The molecule has 3 aromatic heterocycles. The number of carbonyl (C=O) groups is 1. The van der Waals surface area contributed by atoms with Gasteiger partial charge in [0.25, 0.3) is 11.8 Å². The Labute approximate surface area is 213 Å². The third kappa shape index (κ3) is 5.15. The van der Waals surface area contributed by atoms with Crippen LogP contribution in [0.15, 0.2) is 89.8 Å². The number of nitrogens with zero attached hydrogens (tertiary/aromatic N) is 5. The molecule has 0 spiro atoms. The summed E-state index contributed by atoms with van der Waals surface area (Å²) in [6.45, 7) is 0.225. The van der Waals surface area contributed by atoms with Gasteiger partial charge in [-0.05, 0) is 35.4 Å². The molecule has 12 heteroatoms. The summed E-state index contributed by atoms with van der Waals surface area (Å²) in [5, 5.41) is 20.7. The van der Waals surface area contributed by atoms with Crippen molar-refractivity contribution in [2.75, 3.05) is 0 Å². The van der Waals surface area contributed by atoms with E-state index in [0.717, 1.165) is 16.4 Å². The molecule has 0 saturated heterocycles. The lowest BCUT2D eigenvalue weighted by molar-refractivity contribution is -0.142. The molecule has 0 aliphatic carbocycles. The summed E-state index contributed by atoms with van der Waals surface area (Å²) in [5.41, 5.74) is 0.370. The van der Waals surface area contributed by atoms with Crippen LogP contribution in [0.3, 0.4) is 0 Å². The average Bonchev–Trinajstić information content (AvgIpc) is 3.60. The summed E-state index contributed by atoms with van der Waals surface area (Å²) < 4.78 is 47.8. The van der Waals surface area contributed by atoms with Crippen LogP contribution in [-0.4, -0.2) is 35.9 Å². The maximum atomic E-state index is 14.0. The first-order valence-corrected chi connectivity index (χ1v) is 11.3. The predicted molar refractivity (Wildman–Crippen MR) is 128 cm³/mol. The number of benzene rings is 2. The lowest BCUT2D eigenvalue weighted by Gasteiger charge is -2.12. The quantitative estimate of drug-likeness (QED) is 0.327. The summed E-state index contributed by atoms with van der Waals surface area (Å²) in [7, 11) is 0. The maximum Gasteiger partial charge on any atom is 0.434 e. The largest absolute Gasteiger partial charge is 0.434 e. The van der Waals surface area contributed by atoms with Crippen molar-refractivity contribution in [3.63, 3.8) is 0 Å². The predicted octanol–water partition coefficient (Wildman–Crippen LogP) is 4.35. The molecule has 0 aliphatic heterocycles. The number of carbonyl (C=O) groups excluding carboxylic acids is 1. The molecule has 2 N–H and O–H groups in total. The SMILES string of the molecule is O=C(NCc1ccncc1)[C@@H](O)c1ccc(-c2noc(-c3cnn(-c4ccccc4)c3C(F)(F)F)n2)cc1. The molecule has 2 aromatic carbocycles. The molecule has 5 aromatic rings. The van der Waals surface area contributed by atoms with Crippen molar-refractivity contribution < 1.29 is 27.6 Å². The van der Waals surface area contributed by atoms with E-state index in [9.17, 15) is 23.1 Å². The third-order valence-corrected chi connectivity index (χ3v) is 5.64. The van der Waals surface area contributed by atoms with E-state index in [0.29, 0.717) is 11.1 Å². The van der Waals surface area contributed by atoms with Gasteiger partial charge >= 0.3 is 6.18 Å². The normalized spacial score (nSPS) is 12.3. The van der Waals surface area contributed by atoms with Gasteiger partial charge in [0.15, 0.2) is 11.8 Å². The molecule has 1 atom stereocenters. The number of para-hydroxylation sites is 1. The standard InChI is InChI=1S/C26H19F3N6O3/c27-26(28,29)22-20(15-32-35(22)19-4-2-1-3-5-19)25-33-23(34-38-25)18-8-6-17(7-9-18)21(36)24(37)31-14-16-10-12-30-13-11-16/h1-13,15,21,36H,14H2,(H,31,37)/t21-/m0/s1. The van der Waals surface area contributed by atoms with Crippen molar-refractivity contribution in [1.82, 2.24) is 30.2 Å². The fourth-order valence-corrected chi connectivity index (χ4v) is 3.75. The zero-order valence-electron chi connectivity index (χ0n) is 19.5. The van der Waals surface area contributed by atoms with Crippen LogP contribution in [-0.2, 0) is 17.5 Å². The van der Waals surface area contributed by atoms with E-state index in [1.807, 2.05) is 0 Å². The summed E-state index contributed by atoms with van der Waals surface area (Å²) in [6, 6.07) is 17.4. The highest BCUT2D eigenvalue weighted by Crippen LogP contribution is 2.38. The van der Waals surface area contributed by atoms with Crippen LogP contribution in [0.2, 0.25) is 0 Å². The van der Waals surface area contributed by atoms with E-state index in [2.05, 4.69) is 25.5 Å². The number of aromatic nitrogens is 5. The Hall–Kier alpha value is -4.84. The van der Waals surface area contributed by atoms with Gasteiger partial charge in [0.05, 0.1) is 17.4 Å². The van der Waals surface area contributed by atoms with Gasteiger partial charge in [-0.1, -0.05) is 47.6 Å². The molecule has 5 rings (SSSR count). The Kier molecular flexibility index (Phi) is 6.71. The van der Waals surface area contributed by atoms with Gasteiger partial charge in [0.2, 0.25) is 5.82 Å². The number of amides is 1. The van der Waals surface area contributed by atoms with E-state index < -0.39 is 23.9 Å². The number of nitrogens with one attached hydrogen (secondary N) is 1.